The Morgan fingerprint density at radius 3 is 1.95 bits per heavy atom. The third-order valence-electron chi connectivity index (χ3n) is 3.68. The number of imide groups is 1. The molecular weight excluding hydrogens is 240 g/mol. The fourth-order valence-electron chi connectivity index (χ4n) is 2.55. The Bertz CT molecular complexity index is 460. The number of hydrogen-bond donors (Lipinski definition) is 0. The summed E-state index contributed by atoms with van der Waals surface area (Å²) >= 11 is 0. The lowest BCUT2D eigenvalue weighted by molar-refractivity contribution is 0.0563. The van der Waals surface area contributed by atoms with Crippen LogP contribution >= 0.6 is 0 Å². The largest absolute Gasteiger partial charge is 0.302 e. The third-order valence-corrected chi connectivity index (χ3v) is 3.68. The Labute approximate surface area is 114 Å². The molecule has 1 aliphatic heterocycles. The van der Waals surface area contributed by atoms with Gasteiger partial charge in [0.25, 0.3) is 11.8 Å². The van der Waals surface area contributed by atoms with Crippen LogP contribution in [0.3, 0.4) is 0 Å². The summed E-state index contributed by atoms with van der Waals surface area (Å²) in [5.41, 5.74) is 1.05. The van der Waals surface area contributed by atoms with E-state index < -0.39 is 0 Å². The molecule has 102 valence electrons. The first kappa shape index (κ1) is 13.7. The van der Waals surface area contributed by atoms with Crippen molar-refractivity contribution in [3.05, 3.63) is 35.4 Å². The summed E-state index contributed by atoms with van der Waals surface area (Å²) in [6.45, 7) is 8.66. The lowest BCUT2D eigenvalue weighted by Gasteiger charge is -2.28. The second kappa shape index (κ2) is 5.53. The molecule has 1 aromatic carbocycles. The number of benzene rings is 1. The highest BCUT2D eigenvalue weighted by molar-refractivity contribution is 6.21. The molecule has 0 N–H and O–H groups in total. The number of amides is 2. The van der Waals surface area contributed by atoms with E-state index >= 15 is 0 Å². The highest BCUT2D eigenvalue weighted by Gasteiger charge is 2.38. The maximum Gasteiger partial charge on any atom is 0.261 e. The van der Waals surface area contributed by atoms with Crippen LogP contribution in [-0.4, -0.2) is 47.3 Å². The van der Waals surface area contributed by atoms with Gasteiger partial charge in [-0.05, 0) is 32.1 Å². The minimum absolute atomic E-state index is 0.104. The highest BCUT2D eigenvalue weighted by Crippen LogP contribution is 2.24. The van der Waals surface area contributed by atoms with Gasteiger partial charge in [0.2, 0.25) is 0 Å². The zero-order valence-corrected chi connectivity index (χ0v) is 11.7. The average Bonchev–Trinajstić information content (AvgIpc) is 2.69. The molecular formula is C15H20N2O2. The van der Waals surface area contributed by atoms with Crippen molar-refractivity contribution in [2.75, 3.05) is 19.6 Å². The van der Waals surface area contributed by atoms with E-state index in [0.29, 0.717) is 11.1 Å². The van der Waals surface area contributed by atoms with Crippen LogP contribution < -0.4 is 0 Å². The fourth-order valence-corrected chi connectivity index (χ4v) is 2.55. The number of likely N-dealkylation sites (N-methyl/N-ethyl adjacent to an activating group) is 1. The fraction of sp³-hybridized carbons (Fsp3) is 0.467. The van der Waals surface area contributed by atoms with Crippen molar-refractivity contribution in [3.8, 4) is 0 Å². The molecule has 1 heterocycles. The molecule has 2 amide bonds. The van der Waals surface area contributed by atoms with Crippen LogP contribution in [-0.2, 0) is 0 Å². The number of rotatable bonds is 5. The average molecular weight is 260 g/mol. The Morgan fingerprint density at radius 1 is 1.05 bits per heavy atom. The van der Waals surface area contributed by atoms with Gasteiger partial charge in [0.05, 0.1) is 17.2 Å². The first-order valence-corrected chi connectivity index (χ1v) is 6.79. The number of nitrogens with zero attached hydrogens (tertiary/aromatic N) is 2. The van der Waals surface area contributed by atoms with Crippen molar-refractivity contribution in [2.24, 2.45) is 0 Å². The molecule has 0 saturated heterocycles. The van der Waals surface area contributed by atoms with E-state index in [2.05, 4.69) is 18.7 Å². The molecule has 1 atom stereocenters. The summed E-state index contributed by atoms with van der Waals surface area (Å²) < 4.78 is 0. The summed E-state index contributed by atoms with van der Waals surface area (Å²) in [5, 5.41) is 0. The van der Waals surface area contributed by atoms with Crippen molar-refractivity contribution in [1.82, 2.24) is 9.80 Å². The quantitative estimate of drug-likeness (QED) is 0.760. The number of hydrogen-bond acceptors (Lipinski definition) is 3. The molecule has 0 spiro atoms. The first-order chi connectivity index (χ1) is 9.10. The Morgan fingerprint density at radius 2 is 1.53 bits per heavy atom. The smallest absolute Gasteiger partial charge is 0.261 e. The molecule has 2 rings (SSSR count). The minimum atomic E-state index is -0.166. The summed E-state index contributed by atoms with van der Waals surface area (Å²) in [6, 6.07) is 6.93. The van der Waals surface area contributed by atoms with E-state index in [9.17, 15) is 9.59 Å². The van der Waals surface area contributed by atoms with Gasteiger partial charge in [-0.25, -0.2) is 0 Å². The molecule has 4 heteroatoms. The van der Waals surface area contributed by atoms with Gasteiger partial charge in [0, 0.05) is 6.54 Å². The van der Waals surface area contributed by atoms with Crippen LogP contribution in [0.15, 0.2) is 24.3 Å². The van der Waals surface area contributed by atoms with Crippen LogP contribution in [0.1, 0.15) is 41.5 Å². The molecule has 1 unspecified atom stereocenters. The normalized spacial score (nSPS) is 16.1. The van der Waals surface area contributed by atoms with E-state index in [1.54, 1.807) is 24.3 Å². The second-order valence-electron chi connectivity index (χ2n) is 4.86. The third kappa shape index (κ3) is 2.40. The van der Waals surface area contributed by atoms with Gasteiger partial charge in [-0.3, -0.25) is 14.5 Å². The van der Waals surface area contributed by atoms with Crippen molar-refractivity contribution < 1.29 is 9.59 Å². The lowest BCUT2D eigenvalue weighted by Crippen LogP contribution is -2.45. The first-order valence-electron chi connectivity index (χ1n) is 6.79. The summed E-state index contributed by atoms with van der Waals surface area (Å²) in [6.07, 6.45) is 0. The summed E-state index contributed by atoms with van der Waals surface area (Å²) in [7, 11) is 0. The summed E-state index contributed by atoms with van der Waals surface area (Å²) in [5.74, 6) is -0.333. The Kier molecular flexibility index (Phi) is 4.00. The number of carbonyl (C=O) groups excluding carboxylic acids is 2. The zero-order chi connectivity index (χ0) is 14.0. The van der Waals surface area contributed by atoms with Crippen molar-refractivity contribution in [3.63, 3.8) is 0 Å². The van der Waals surface area contributed by atoms with E-state index in [4.69, 9.17) is 0 Å². The SMILES string of the molecule is CCN(CC)CC(C)N1C(=O)c2ccccc2C1=O. The van der Waals surface area contributed by atoms with Crippen molar-refractivity contribution in [2.45, 2.75) is 26.8 Å². The van der Waals surface area contributed by atoms with Gasteiger partial charge in [0.15, 0.2) is 0 Å². The van der Waals surface area contributed by atoms with Crippen LogP contribution in [0.4, 0.5) is 0 Å². The highest BCUT2D eigenvalue weighted by atomic mass is 16.2. The molecule has 0 radical (unpaired) electrons. The van der Waals surface area contributed by atoms with Crippen LogP contribution in [0.25, 0.3) is 0 Å². The van der Waals surface area contributed by atoms with Gasteiger partial charge in [0.1, 0.15) is 0 Å². The molecule has 1 aliphatic rings. The Balaban J connectivity index is 2.19. The monoisotopic (exact) mass is 260 g/mol. The van der Waals surface area contributed by atoms with Gasteiger partial charge in [-0.15, -0.1) is 0 Å². The molecule has 0 bridgehead atoms. The standard InChI is InChI=1S/C15H20N2O2/c1-4-16(5-2)10-11(3)17-14(18)12-8-6-7-9-13(12)15(17)19/h6-9,11H,4-5,10H2,1-3H3. The molecule has 19 heavy (non-hydrogen) atoms. The summed E-state index contributed by atoms with van der Waals surface area (Å²) in [4.78, 5) is 28.2. The predicted octanol–water partition coefficient (Wildman–Crippen LogP) is 2.01. The van der Waals surface area contributed by atoms with Crippen LogP contribution in [0.5, 0.6) is 0 Å². The molecule has 0 fully saturated rings. The van der Waals surface area contributed by atoms with E-state index in [1.807, 2.05) is 6.92 Å². The minimum Gasteiger partial charge on any atom is -0.302 e. The number of fused-ring (bicyclic) bond motifs is 1. The topological polar surface area (TPSA) is 40.6 Å². The molecule has 1 aromatic rings. The number of carbonyl (C=O) groups is 2. The zero-order valence-electron chi connectivity index (χ0n) is 11.7. The second-order valence-corrected chi connectivity index (χ2v) is 4.86. The van der Waals surface area contributed by atoms with E-state index in [1.165, 1.54) is 4.90 Å². The predicted molar refractivity (Wildman–Crippen MR) is 74.2 cm³/mol. The Hall–Kier alpha value is -1.68. The molecule has 0 aliphatic carbocycles. The van der Waals surface area contributed by atoms with Crippen molar-refractivity contribution >= 4 is 11.8 Å². The van der Waals surface area contributed by atoms with Gasteiger partial charge in [-0.2, -0.15) is 0 Å². The molecule has 4 nitrogen and oxygen atoms in total. The van der Waals surface area contributed by atoms with Crippen LogP contribution in [0, 0.1) is 0 Å². The van der Waals surface area contributed by atoms with Crippen LogP contribution in [0.2, 0.25) is 0 Å². The molecule has 0 saturated carbocycles. The van der Waals surface area contributed by atoms with E-state index in [-0.39, 0.29) is 17.9 Å². The van der Waals surface area contributed by atoms with Gasteiger partial charge >= 0.3 is 0 Å². The maximum absolute atomic E-state index is 12.3. The van der Waals surface area contributed by atoms with E-state index in [0.717, 1.165) is 19.6 Å². The van der Waals surface area contributed by atoms with Gasteiger partial charge < -0.3 is 4.90 Å². The lowest BCUT2D eigenvalue weighted by atomic mass is 10.1. The maximum atomic E-state index is 12.3. The van der Waals surface area contributed by atoms with Crippen molar-refractivity contribution in [1.29, 1.82) is 0 Å². The molecule has 0 aromatic heterocycles. The van der Waals surface area contributed by atoms with Gasteiger partial charge in [-0.1, -0.05) is 26.0 Å².